The Morgan fingerprint density at radius 3 is 2.79 bits per heavy atom. The molecule has 0 spiro atoms. The zero-order chi connectivity index (χ0) is 13.4. The molecule has 19 heavy (non-hydrogen) atoms. The monoisotopic (exact) mass is 257 g/mol. The Hall–Kier alpha value is -1.28. The van der Waals surface area contributed by atoms with Gasteiger partial charge in [-0.2, -0.15) is 0 Å². The highest BCUT2D eigenvalue weighted by Crippen LogP contribution is 2.30. The van der Waals surface area contributed by atoms with Crippen molar-refractivity contribution in [3.05, 3.63) is 35.6 Å². The van der Waals surface area contributed by atoms with E-state index in [-0.39, 0.29) is 0 Å². The van der Waals surface area contributed by atoms with Crippen molar-refractivity contribution >= 4 is 11.0 Å². The van der Waals surface area contributed by atoms with Gasteiger partial charge in [0.25, 0.3) is 0 Å². The second kappa shape index (κ2) is 5.01. The van der Waals surface area contributed by atoms with Gasteiger partial charge in [0.05, 0.1) is 0 Å². The van der Waals surface area contributed by atoms with Crippen LogP contribution in [0, 0.1) is 12.8 Å². The summed E-state index contributed by atoms with van der Waals surface area (Å²) < 4.78 is 6.00. The molecule has 2 heteroatoms. The van der Waals surface area contributed by atoms with Crippen molar-refractivity contribution < 1.29 is 4.42 Å². The van der Waals surface area contributed by atoms with Gasteiger partial charge < -0.3 is 9.73 Å². The van der Waals surface area contributed by atoms with Gasteiger partial charge in [-0.3, -0.25) is 0 Å². The molecule has 0 saturated heterocycles. The van der Waals surface area contributed by atoms with Gasteiger partial charge in [0, 0.05) is 17.3 Å². The summed E-state index contributed by atoms with van der Waals surface area (Å²) in [6.07, 6.45) is 2.70. The van der Waals surface area contributed by atoms with Crippen LogP contribution in [0.4, 0.5) is 0 Å². The van der Waals surface area contributed by atoms with Gasteiger partial charge in [-0.1, -0.05) is 25.5 Å². The van der Waals surface area contributed by atoms with E-state index in [1.807, 2.05) is 0 Å². The molecule has 1 saturated carbocycles. The van der Waals surface area contributed by atoms with Crippen molar-refractivity contribution in [2.45, 2.75) is 45.6 Å². The molecule has 3 rings (SSSR count). The van der Waals surface area contributed by atoms with Crippen LogP contribution in [0.15, 0.2) is 28.7 Å². The Bertz CT molecular complexity index is 568. The minimum absolute atomic E-state index is 0.457. The second-order valence-corrected chi connectivity index (χ2v) is 6.14. The van der Waals surface area contributed by atoms with E-state index in [1.165, 1.54) is 23.8 Å². The molecule has 0 aliphatic heterocycles. The first kappa shape index (κ1) is 12.7. The number of hydrogen-bond acceptors (Lipinski definition) is 2. The Morgan fingerprint density at radius 2 is 2.05 bits per heavy atom. The highest BCUT2D eigenvalue weighted by atomic mass is 16.3. The fourth-order valence-corrected chi connectivity index (χ4v) is 2.50. The maximum atomic E-state index is 6.00. The van der Waals surface area contributed by atoms with Crippen molar-refractivity contribution in [1.82, 2.24) is 5.32 Å². The van der Waals surface area contributed by atoms with E-state index >= 15 is 0 Å². The number of nitrogens with one attached hydrogen (secondary N) is 1. The highest BCUT2D eigenvalue weighted by Gasteiger charge is 2.24. The molecule has 102 valence electrons. The summed E-state index contributed by atoms with van der Waals surface area (Å²) in [6.45, 7) is 7.78. The maximum absolute atomic E-state index is 6.00. The topological polar surface area (TPSA) is 25.2 Å². The summed E-state index contributed by atoms with van der Waals surface area (Å²) in [5, 5.41) is 4.83. The lowest BCUT2D eigenvalue weighted by molar-refractivity contribution is 0.390. The number of aryl methyl sites for hydroxylation is 1. The molecular formula is C17H23NO. The molecule has 1 heterocycles. The molecule has 0 bridgehead atoms. The van der Waals surface area contributed by atoms with Crippen LogP contribution in [-0.2, 0) is 0 Å². The van der Waals surface area contributed by atoms with Crippen LogP contribution in [0.3, 0.4) is 0 Å². The van der Waals surface area contributed by atoms with Crippen molar-refractivity contribution in [3.63, 3.8) is 0 Å². The standard InChI is InChI=1S/C17H23NO/c1-11-4-7-16-14(8-11)9-17(19-16)13(3)12(2)10-18-15-5-6-15/h4,7-9,12-13,15,18H,5-6,10H2,1-3H3. The summed E-state index contributed by atoms with van der Waals surface area (Å²) in [4.78, 5) is 0. The SMILES string of the molecule is Cc1ccc2oc(C(C)C(C)CNC3CC3)cc2c1. The first-order valence-corrected chi connectivity index (χ1v) is 7.37. The molecule has 1 fully saturated rings. The predicted octanol–water partition coefficient (Wildman–Crippen LogP) is 4.23. The summed E-state index contributed by atoms with van der Waals surface area (Å²) >= 11 is 0. The fourth-order valence-electron chi connectivity index (χ4n) is 2.50. The Morgan fingerprint density at radius 1 is 1.26 bits per heavy atom. The van der Waals surface area contributed by atoms with Crippen molar-refractivity contribution in [2.75, 3.05) is 6.54 Å². The zero-order valence-corrected chi connectivity index (χ0v) is 12.1. The molecule has 2 unspecified atom stereocenters. The molecule has 0 amide bonds. The van der Waals surface area contributed by atoms with Crippen LogP contribution in [-0.4, -0.2) is 12.6 Å². The number of benzene rings is 1. The van der Waals surface area contributed by atoms with E-state index in [2.05, 4.69) is 50.4 Å². The molecular weight excluding hydrogens is 234 g/mol. The summed E-state index contributed by atoms with van der Waals surface area (Å²) in [7, 11) is 0. The van der Waals surface area contributed by atoms with E-state index in [0.29, 0.717) is 11.8 Å². The third-order valence-corrected chi connectivity index (χ3v) is 4.30. The normalized spacial score (nSPS) is 18.7. The minimum Gasteiger partial charge on any atom is -0.461 e. The second-order valence-electron chi connectivity index (χ2n) is 6.14. The van der Waals surface area contributed by atoms with E-state index in [9.17, 15) is 0 Å². The Balaban J connectivity index is 1.74. The minimum atomic E-state index is 0.457. The molecule has 2 atom stereocenters. The quantitative estimate of drug-likeness (QED) is 0.867. The lowest BCUT2D eigenvalue weighted by Crippen LogP contribution is -2.25. The molecule has 2 aromatic rings. The number of furan rings is 1. The number of fused-ring (bicyclic) bond motifs is 1. The number of hydrogen-bond donors (Lipinski definition) is 1. The molecule has 1 N–H and O–H groups in total. The summed E-state index contributed by atoms with van der Waals surface area (Å²) in [6, 6.07) is 9.38. The molecule has 0 radical (unpaired) electrons. The van der Waals surface area contributed by atoms with Gasteiger partial charge in [-0.15, -0.1) is 0 Å². The van der Waals surface area contributed by atoms with Gasteiger partial charge in [0.1, 0.15) is 11.3 Å². The third-order valence-electron chi connectivity index (χ3n) is 4.30. The largest absolute Gasteiger partial charge is 0.461 e. The lowest BCUT2D eigenvalue weighted by Gasteiger charge is -2.18. The summed E-state index contributed by atoms with van der Waals surface area (Å²) in [5.74, 6) is 2.17. The van der Waals surface area contributed by atoms with E-state index in [1.54, 1.807) is 0 Å². The molecule has 2 nitrogen and oxygen atoms in total. The molecule has 1 aromatic heterocycles. The van der Waals surface area contributed by atoms with Crippen molar-refractivity contribution in [1.29, 1.82) is 0 Å². The van der Waals surface area contributed by atoms with E-state index in [0.717, 1.165) is 23.9 Å². The van der Waals surface area contributed by atoms with Gasteiger partial charge in [-0.05, 0) is 50.4 Å². The van der Waals surface area contributed by atoms with Gasteiger partial charge in [0.15, 0.2) is 0 Å². The van der Waals surface area contributed by atoms with Crippen LogP contribution >= 0.6 is 0 Å². The molecule has 1 aromatic carbocycles. The van der Waals surface area contributed by atoms with Gasteiger partial charge in [0.2, 0.25) is 0 Å². The van der Waals surface area contributed by atoms with E-state index < -0.39 is 0 Å². The first-order valence-electron chi connectivity index (χ1n) is 7.37. The van der Waals surface area contributed by atoms with Gasteiger partial charge >= 0.3 is 0 Å². The summed E-state index contributed by atoms with van der Waals surface area (Å²) in [5.41, 5.74) is 2.30. The predicted molar refractivity (Wildman–Crippen MR) is 79.6 cm³/mol. The highest BCUT2D eigenvalue weighted by molar-refractivity contribution is 5.78. The fraction of sp³-hybridized carbons (Fsp3) is 0.529. The number of rotatable bonds is 5. The lowest BCUT2D eigenvalue weighted by atomic mass is 9.93. The first-order chi connectivity index (χ1) is 9.13. The Kier molecular flexibility index (Phi) is 3.36. The Labute approximate surface area is 115 Å². The smallest absolute Gasteiger partial charge is 0.134 e. The average Bonchev–Trinajstić information content (AvgIpc) is 3.13. The van der Waals surface area contributed by atoms with Crippen LogP contribution < -0.4 is 5.32 Å². The third kappa shape index (κ3) is 2.84. The maximum Gasteiger partial charge on any atom is 0.134 e. The van der Waals surface area contributed by atoms with Crippen LogP contribution in [0.25, 0.3) is 11.0 Å². The zero-order valence-electron chi connectivity index (χ0n) is 12.1. The van der Waals surface area contributed by atoms with Crippen molar-refractivity contribution in [3.8, 4) is 0 Å². The molecule has 1 aliphatic rings. The van der Waals surface area contributed by atoms with Crippen LogP contribution in [0.2, 0.25) is 0 Å². The van der Waals surface area contributed by atoms with Crippen molar-refractivity contribution in [2.24, 2.45) is 5.92 Å². The molecule has 1 aliphatic carbocycles. The average molecular weight is 257 g/mol. The van der Waals surface area contributed by atoms with Crippen LogP contribution in [0.1, 0.15) is 43.9 Å². The van der Waals surface area contributed by atoms with E-state index in [4.69, 9.17) is 4.42 Å². The van der Waals surface area contributed by atoms with Crippen LogP contribution in [0.5, 0.6) is 0 Å². The van der Waals surface area contributed by atoms with Gasteiger partial charge in [-0.25, -0.2) is 0 Å².